The van der Waals surface area contributed by atoms with E-state index in [1.54, 1.807) is 0 Å². The molecule has 3 heteroatoms. The maximum absolute atomic E-state index is 6.42. The third kappa shape index (κ3) is 5.56. The molecule has 1 atom stereocenters. The molecule has 0 bridgehead atoms. The van der Waals surface area contributed by atoms with Gasteiger partial charge in [0.1, 0.15) is 5.76 Å². The van der Waals surface area contributed by atoms with Crippen LogP contribution in [0, 0.1) is 11.8 Å². The van der Waals surface area contributed by atoms with Crippen molar-refractivity contribution in [2.24, 2.45) is 11.8 Å². The van der Waals surface area contributed by atoms with Crippen molar-refractivity contribution in [3.63, 3.8) is 0 Å². The molecule has 0 saturated heterocycles. The van der Waals surface area contributed by atoms with E-state index in [4.69, 9.17) is 16.3 Å². The Labute approximate surface area is 187 Å². The zero-order chi connectivity index (χ0) is 21.7. The molecule has 0 fully saturated rings. The number of benzene rings is 2. The molecule has 2 aromatic carbocycles. The Hall–Kier alpha value is -2.03. The van der Waals surface area contributed by atoms with Gasteiger partial charge in [-0.05, 0) is 60.1 Å². The molecule has 3 rings (SSSR count). The number of rotatable bonds is 9. The molecule has 0 amide bonds. The molecule has 1 unspecified atom stereocenters. The first-order chi connectivity index (χ1) is 14.4. The van der Waals surface area contributed by atoms with Crippen LogP contribution in [0.5, 0.6) is 5.75 Å². The minimum absolute atomic E-state index is 0.615. The van der Waals surface area contributed by atoms with E-state index in [-0.39, 0.29) is 0 Å². The summed E-state index contributed by atoms with van der Waals surface area (Å²) in [5.41, 5.74) is 5.62. The molecule has 0 spiro atoms. The Kier molecular flexibility index (Phi) is 7.80. The van der Waals surface area contributed by atoms with Gasteiger partial charge in [0, 0.05) is 17.7 Å². The second-order valence-electron chi connectivity index (χ2n) is 8.82. The van der Waals surface area contributed by atoms with Gasteiger partial charge in [-0.2, -0.15) is 0 Å². The first kappa shape index (κ1) is 22.7. The SMILES string of the molecule is C=C1C=C(c2ccc(CCC(C)C)cc2CNCC(C)CC)Oc2c(Cl)cccc21. The van der Waals surface area contributed by atoms with Crippen molar-refractivity contribution >= 4 is 22.9 Å². The molecule has 1 aliphatic rings. The number of hydrogen-bond donors (Lipinski definition) is 1. The van der Waals surface area contributed by atoms with Gasteiger partial charge < -0.3 is 10.1 Å². The number of hydrogen-bond acceptors (Lipinski definition) is 2. The van der Waals surface area contributed by atoms with Crippen LogP contribution in [0.15, 0.2) is 49.1 Å². The lowest BCUT2D eigenvalue weighted by Gasteiger charge is -2.23. The molecule has 0 aromatic heterocycles. The number of allylic oxidation sites excluding steroid dienone is 2. The first-order valence-electron chi connectivity index (χ1n) is 11.1. The summed E-state index contributed by atoms with van der Waals surface area (Å²) in [6.07, 6.45) is 5.49. The smallest absolute Gasteiger partial charge is 0.153 e. The monoisotopic (exact) mass is 423 g/mol. The van der Waals surface area contributed by atoms with Crippen molar-refractivity contribution in [3.8, 4) is 5.75 Å². The zero-order valence-corrected chi connectivity index (χ0v) is 19.5. The highest BCUT2D eigenvalue weighted by atomic mass is 35.5. The molecule has 1 heterocycles. The number of fused-ring (bicyclic) bond motifs is 1. The van der Waals surface area contributed by atoms with Crippen LogP contribution in [0.3, 0.4) is 0 Å². The molecule has 2 nitrogen and oxygen atoms in total. The van der Waals surface area contributed by atoms with Gasteiger partial charge in [0.25, 0.3) is 0 Å². The lowest BCUT2D eigenvalue weighted by Crippen LogP contribution is -2.21. The highest BCUT2D eigenvalue weighted by Gasteiger charge is 2.21. The first-order valence-corrected chi connectivity index (χ1v) is 11.5. The highest BCUT2D eigenvalue weighted by Crippen LogP contribution is 2.41. The Morgan fingerprint density at radius 2 is 1.90 bits per heavy atom. The normalized spacial score (nSPS) is 14.3. The number of aryl methyl sites for hydroxylation is 1. The Morgan fingerprint density at radius 3 is 2.63 bits per heavy atom. The fourth-order valence-corrected chi connectivity index (χ4v) is 3.83. The van der Waals surface area contributed by atoms with Crippen LogP contribution >= 0.6 is 11.6 Å². The molecule has 160 valence electrons. The quantitative estimate of drug-likeness (QED) is 0.450. The predicted molar refractivity (Wildman–Crippen MR) is 130 cm³/mol. The fourth-order valence-electron chi connectivity index (χ4n) is 3.62. The van der Waals surface area contributed by atoms with Gasteiger partial charge in [-0.3, -0.25) is 0 Å². The molecule has 2 aromatic rings. The second-order valence-corrected chi connectivity index (χ2v) is 9.23. The standard InChI is InChI=1S/C27H34ClNO/c1-6-19(4)16-29-17-22-15-21(11-10-18(2)3)12-13-24(22)26-14-20(5)23-8-7-9-25(28)27(23)30-26/h7-9,12-15,18-19,29H,5-6,10-11,16-17H2,1-4H3. The highest BCUT2D eigenvalue weighted by molar-refractivity contribution is 6.32. The van der Waals surface area contributed by atoms with Crippen LogP contribution in [-0.4, -0.2) is 6.54 Å². The summed E-state index contributed by atoms with van der Waals surface area (Å²) >= 11 is 6.42. The zero-order valence-electron chi connectivity index (χ0n) is 18.7. The van der Waals surface area contributed by atoms with Crippen molar-refractivity contribution in [2.75, 3.05) is 6.54 Å². The summed E-state index contributed by atoms with van der Waals surface area (Å²) in [6.45, 7) is 15.1. The van der Waals surface area contributed by atoms with Crippen molar-refractivity contribution in [1.82, 2.24) is 5.32 Å². The average Bonchev–Trinajstić information content (AvgIpc) is 2.73. The Bertz CT molecular complexity index is 928. The summed E-state index contributed by atoms with van der Waals surface area (Å²) < 4.78 is 6.29. The van der Waals surface area contributed by atoms with Crippen LogP contribution < -0.4 is 10.1 Å². The number of para-hydroxylation sites is 1. The summed E-state index contributed by atoms with van der Waals surface area (Å²) in [5, 5.41) is 4.25. The summed E-state index contributed by atoms with van der Waals surface area (Å²) in [6, 6.07) is 12.5. The summed E-state index contributed by atoms with van der Waals surface area (Å²) in [5.74, 6) is 2.87. The van der Waals surface area contributed by atoms with E-state index in [1.165, 1.54) is 24.0 Å². The van der Waals surface area contributed by atoms with E-state index in [9.17, 15) is 0 Å². The van der Waals surface area contributed by atoms with Crippen LogP contribution in [-0.2, 0) is 13.0 Å². The van der Waals surface area contributed by atoms with Crippen LogP contribution in [0.4, 0.5) is 0 Å². The van der Waals surface area contributed by atoms with Crippen molar-refractivity contribution in [2.45, 2.75) is 53.5 Å². The molecule has 1 N–H and O–H groups in total. The van der Waals surface area contributed by atoms with Gasteiger partial charge in [-0.1, -0.05) is 82.6 Å². The van der Waals surface area contributed by atoms with E-state index in [2.05, 4.69) is 57.8 Å². The molecule has 0 radical (unpaired) electrons. The summed E-state index contributed by atoms with van der Waals surface area (Å²) in [4.78, 5) is 0. The van der Waals surface area contributed by atoms with Gasteiger partial charge in [0.15, 0.2) is 5.75 Å². The van der Waals surface area contributed by atoms with Gasteiger partial charge in [-0.25, -0.2) is 0 Å². The lowest BCUT2D eigenvalue weighted by atomic mass is 9.95. The maximum Gasteiger partial charge on any atom is 0.153 e. The van der Waals surface area contributed by atoms with Gasteiger partial charge >= 0.3 is 0 Å². The number of nitrogens with one attached hydrogen (secondary N) is 1. The van der Waals surface area contributed by atoms with Gasteiger partial charge in [0.2, 0.25) is 0 Å². The van der Waals surface area contributed by atoms with E-state index in [0.717, 1.165) is 42.0 Å². The lowest BCUT2D eigenvalue weighted by molar-refractivity contribution is 0.494. The van der Waals surface area contributed by atoms with Gasteiger partial charge in [0.05, 0.1) is 5.02 Å². The average molecular weight is 424 g/mol. The molecule has 1 aliphatic heterocycles. The molecule has 0 aliphatic carbocycles. The van der Waals surface area contributed by atoms with E-state index in [1.807, 2.05) is 24.3 Å². The van der Waals surface area contributed by atoms with Crippen molar-refractivity contribution in [3.05, 3.63) is 76.3 Å². The maximum atomic E-state index is 6.42. The largest absolute Gasteiger partial charge is 0.454 e. The van der Waals surface area contributed by atoms with Gasteiger partial charge in [-0.15, -0.1) is 0 Å². The topological polar surface area (TPSA) is 21.3 Å². The van der Waals surface area contributed by atoms with Crippen LogP contribution in [0.1, 0.15) is 62.8 Å². The molecule has 30 heavy (non-hydrogen) atoms. The summed E-state index contributed by atoms with van der Waals surface area (Å²) in [7, 11) is 0. The molecular weight excluding hydrogens is 390 g/mol. The third-order valence-corrected chi connectivity index (χ3v) is 6.08. The fraction of sp³-hybridized carbons (Fsp3) is 0.407. The van der Waals surface area contributed by atoms with Crippen LogP contribution in [0.2, 0.25) is 5.02 Å². The molecular formula is C27H34ClNO. The number of ether oxygens (including phenoxy) is 1. The minimum Gasteiger partial charge on any atom is -0.454 e. The second kappa shape index (κ2) is 10.3. The van der Waals surface area contributed by atoms with Crippen molar-refractivity contribution < 1.29 is 4.74 Å². The van der Waals surface area contributed by atoms with E-state index < -0.39 is 0 Å². The number of halogens is 1. The Morgan fingerprint density at radius 1 is 1.10 bits per heavy atom. The van der Waals surface area contributed by atoms with Crippen LogP contribution in [0.25, 0.3) is 11.3 Å². The third-order valence-electron chi connectivity index (χ3n) is 5.78. The Balaban J connectivity index is 1.90. The van der Waals surface area contributed by atoms with Crippen molar-refractivity contribution in [1.29, 1.82) is 0 Å². The molecule has 0 saturated carbocycles. The predicted octanol–water partition coefficient (Wildman–Crippen LogP) is 7.51. The van der Waals surface area contributed by atoms with E-state index >= 15 is 0 Å². The minimum atomic E-state index is 0.615. The van der Waals surface area contributed by atoms with E-state index in [0.29, 0.717) is 22.6 Å².